The molecule has 3 nitrogen and oxygen atoms in total. The lowest BCUT2D eigenvalue weighted by molar-refractivity contribution is -0.154. The molecule has 1 aliphatic carbocycles. The van der Waals surface area contributed by atoms with Gasteiger partial charge in [-0.1, -0.05) is 12.1 Å². The van der Waals surface area contributed by atoms with Crippen LogP contribution in [0.1, 0.15) is 40.4 Å². The summed E-state index contributed by atoms with van der Waals surface area (Å²) in [4.78, 5) is 14.2. The van der Waals surface area contributed by atoms with Gasteiger partial charge < -0.3 is 10.7 Å². The molecule has 1 aromatic heterocycles. The van der Waals surface area contributed by atoms with Gasteiger partial charge in [0.25, 0.3) is 5.91 Å². The Morgan fingerprint density at radius 1 is 1.35 bits per heavy atom. The van der Waals surface area contributed by atoms with Crippen molar-refractivity contribution in [3.05, 3.63) is 35.0 Å². The average molecular weight is 282 g/mol. The predicted octanol–water partition coefficient (Wildman–Crippen LogP) is 3.25. The molecule has 0 radical (unpaired) electrons. The van der Waals surface area contributed by atoms with Crippen LogP contribution in [-0.2, 0) is 6.42 Å². The third-order valence-corrected chi connectivity index (χ3v) is 3.90. The summed E-state index contributed by atoms with van der Waals surface area (Å²) in [6, 6.07) is 4.90. The van der Waals surface area contributed by atoms with Crippen molar-refractivity contribution in [1.29, 1.82) is 0 Å². The highest BCUT2D eigenvalue weighted by Crippen LogP contribution is 2.45. The first-order valence-electron chi connectivity index (χ1n) is 6.39. The van der Waals surface area contributed by atoms with Gasteiger partial charge in [0.2, 0.25) is 0 Å². The smallest absolute Gasteiger partial charge is 0.366 e. The van der Waals surface area contributed by atoms with E-state index in [9.17, 15) is 18.0 Å². The van der Waals surface area contributed by atoms with Crippen LogP contribution >= 0.6 is 0 Å². The third kappa shape index (κ3) is 1.87. The molecule has 1 unspecified atom stereocenters. The van der Waals surface area contributed by atoms with Gasteiger partial charge in [-0.15, -0.1) is 0 Å². The number of para-hydroxylation sites is 1. The van der Waals surface area contributed by atoms with Crippen LogP contribution in [0, 0.1) is 0 Å². The molecule has 1 atom stereocenters. The monoisotopic (exact) mass is 282 g/mol. The van der Waals surface area contributed by atoms with Gasteiger partial charge in [-0.3, -0.25) is 4.79 Å². The van der Waals surface area contributed by atoms with Crippen molar-refractivity contribution in [2.75, 3.05) is 0 Å². The Kier molecular flexibility index (Phi) is 2.77. The Morgan fingerprint density at radius 2 is 2.10 bits per heavy atom. The van der Waals surface area contributed by atoms with E-state index < -0.39 is 18.0 Å². The molecule has 0 aliphatic heterocycles. The maximum absolute atomic E-state index is 13.1. The Hall–Kier alpha value is -1.98. The molecule has 0 fully saturated rings. The molecule has 0 bridgehead atoms. The number of amides is 1. The fraction of sp³-hybridized carbons (Fsp3) is 0.357. The van der Waals surface area contributed by atoms with E-state index in [1.54, 1.807) is 12.1 Å². The zero-order valence-electron chi connectivity index (χ0n) is 10.6. The van der Waals surface area contributed by atoms with Gasteiger partial charge >= 0.3 is 6.18 Å². The zero-order valence-corrected chi connectivity index (χ0v) is 10.6. The van der Waals surface area contributed by atoms with Gasteiger partial charge in [0.15, 0.2) is 0 Å². The molecule has 20 heavy (non-hydrogen) atoms. The lowest BCUT2D eigenvalue weighted by Gasteiger charge is -2.24. The molecule has 1 heterocycles. The Balaban J connectivity index is 2.27. The standard InChI is InChI=1S/C14H13F3N2O/c15-14(16,17)10-6-2-4-8-7-3-1-5-9(13(18)20)11(7)19-12(8)10/h1,3,5,10,19H,2,4,6H2,(H2,18,20). The van der Waals surface area contributed by atoms with E-state index in [4.69, 9.17) is 5.73 Å². The summed E-state index contributed by atoms with van der Waals surface area (Å²) >= 11 is 0. The first kappa shape index (κ1) is 13.0. The first-order chi connectivity index (χ1) is 9.39. The van der Waals surface area contributed by atoms with Crippen LogP contribution in [0.25, 0.3) is 10.9 Å². The Bertz CT molecular complexity index is 688. The zero-order chi connectivity index (χ0) is 14.5. The number of carbonyl (C=O) groups is 1. The second-order valence-electron chi connectivity index (χ2n) is 5.10. The summed E-state index contributed by atoms with van der Waals surface area (Å²) in [5.74, 6) is -2.13. The molecular weight excluding hydrogens is 269 g/mol. The summed E-state index contributed by atoms with van der Waals surface area (Å²) in [5.41, 5.74) is 6.78. The Morgan fingerprint density at radius 3 is 2.75 bits per heavy atom. The molecule has 106 valence electrons. The summed E-state index contributed by atoms with van der Waals surface area (Å²) in [6.45, 7) is 0. The fourth-order valence-electron chi connectivity index (χ4n) is 3.02. The number of nitrogens with two attached hydrogens (primary N) is 1. The normalized spacial score (nSPS) is 19.1. The van der Waals surface area contributed by atoms with Gasteiger partial charge in [-0.2, -0.15) is 13.2 Å². The highest BCUT2D eigenvalue weighted by atomic mass is 19.4. The molecule has 1 amide bonds. The second-order valence-corrected chi connectivity index (χ2v) is 5.10. The number of halogens is 3. The number of rotatable bonds is 1. The van der Waals surface area contributed by atoms with Gasteiger partial charge in [-0.25, -0.2) is 0 Å². The maximum atomic E-state index is 13.1. The molecule has 0 spiro atoms. The number of aryl methyl sites for hydroxylation is 1. The number of H-pyrrole nitrogens is 1. The first-order valence-corrected chi connectivity index (χ1v) is 6.39. The van der Waals surface area contributed by atoms with Crippen molar-refractivity contribution in [2.24, 2.45) is 5.73 Å². The summed E-state index contributed by atoms with van der Waals surface area (Å²) in [7, 11) is 0. The topological polar surface area (TPSA) is 58.9 Å². The number of hydrogen-bond acceptors (Lipinski definition) is 1. The van der Waals surface area contributed by atoms with Crippen LogP contribution in [-0.4, -0.2) is 17.1 Å². The molecule has 3 N–H and O–H groups in total. The summed E-state index contributed by atoms with van der Waals surface area (Å²) in [6.07, 6.45) is -3.12. The van der Waals surface area contributed by atoms with E-state index in [0.717, 1.165) is 0 Å². The molecule has 0 saturated carbocycles. The van der Waals surface area contributed by atoms with E-state index in [1.165, 1.54) is 6.07 Å². The van der Waals surface area contributed by atoms with Crippen LogP contribution in [0.5, 0.6) is 0 Å². The van der Waals surface area contributed by atoms with E-state index >= 15 is 0 Å². The van der Waals surface area contributed by atoms with E-state index in [0.29, 0.717) is 29.3 Å². The fourth-order valence-corrected chi connectivity index (χ4v) is 3.02. The molecule has 2 aromatic rings. The van der Waals surface area contributed by atoms with Crippen LogP contribution < -0.4 is 5.73 Å². The Labute approximate surface area is 113 Å². The van der Waals surface area contributed by atoms with E-state index in [-0.39, 0.29) is 17.7 Å². The highest BCUT2D eigenvalue weighted by Gasteiger charge is 2.44. The van der Waals surface area contributed by atoms with Crippen molar-refractivity contribution in [3.8, 4) is 0 Å². The van der Waals surface area contributed by atoms with Gasteiger partial charge in [0.05, 0.1) is 17.0 Å². The van der Waals surface area contributed by atoms with Crippen LogP contribution in [0.4, 0.5) is 13.2 Å². The summed E-state index contributed by atoms with van der Waals surface area (Å²) < 4.78 is 39.3. The number of carbonyl (C=O) groups excluding carboxylic acids is 1. The lowest BCUT2D eigenvalue weighted by atomic mass is 9.86. The van der Waals surface area contributed by atoms with Crippen molar-refractivity contribution < 1.29 is 18.0 Å². The molecule has 1 aliphatic rings. The van der Waals surface area contributed by atoms with Crippen LogP contribution in [0.3, 0.4) is 0 Å². The van der Waals surface area contributed by atoms with Crippen LogP contribution in [0.15, 0.2) is 18.2 Å². The average Bonchev–Trinajstić information content (AvgIpc) is 2.75. The molecule has 0 saturated heterocycles. The maximum Gasteiger partial charge on any atom is 0.397 e. The minimum atomic E-state index is -4.27. The quantitative estimate of drug-likeness (QED) is 0.828. The van der Waals surface area contributed by atoms with Crippen LogP contribution in [0.2, 0.25) is 0 Å². The van der Waals surface area contributed by atoms with Crippen molar-refractivity contribution in [1.82, 2.24) is 4.98 Å². The van der Waals surface area contributed by atoms with E-state index in [2.05, 4.69) is 4.98 Å². The van der Waals surface area contributed by atoms with Gasteiger partial charge in [0.1, 0.15) is 0 Å². The van der Waals surface area contributed by atoms with Crippen molar-refractivity contribution in [3.63, 3.8) is 0 Å². The molecule has 3 rings (SSSR count). The SMILES string of the molecule is NC(=O)c1cccc2c3c([nH]c12)C(C(F)(F)F)CCC3. The van der Waals surface area contributed by atoms with Gasteiger partial charge in [0, 0.05) is 11.1 Å². The number of hydrogen-bond donors (Lipinski definition) is 2. The van der Waals surface area contributed by atoms with Crippen molar-refractivity contribution in [2.45, 2.75) is 31.4 Å². The number of nitrogens with one attached hydrogen (secondary N) is 1. The molecular formula is C14H13F3N2O. The van der Waals surface area contributed by atoms with Crippen molar-refractivity contribution >= 4 is 16.8 Å². The number of aromatic amines is 1. The number of alkyl halides is 3. The molecule has 1 aromatic carbocycles. The number of primary amides is 1. The third-order valence-electron chi connectivity index (χ3n) is 3.90. The number of aromatic nitrogens is 1. The van der Waals surface area contributed by atoms with Gasteiger partial charge in [-0.05, 0) is 30.9 Å². The molecule has 6 heteroatoms. The highest BCUT2D eigenvalue weighted by molar-refractivity contribution is 6.06. The number of benzene rings is 1. The second kappa shape index (κ2) is 4.26. The number of fused-ring (bicyclic) bond motifs is 3. The minimum Gasteiger partial charge on any atom is -0.366 e. The predicted molar refractivity (Wildman–Crippen MR) is 68.6 cm³/mol. The summed E-state index contributed by atoms with van der Waals surface area (Å²) in [5, 5.41) is 0.672. The van der Waals surface area contributed by atoms with E-state index in [1.807, 2.05) is 0 Å². The minimum absolute atomic E-state index is 0.0786. The largest absolute Gasteiger partial charge is 0.397 e. The lowest BCUT2D eigenvalue weighted by Crippen LogP contribution is -2.24.